The molecule has 8 heteroatoms. The number of carbonyl (C=O) groups is 1. The first-order valence-electron chi connectivity index (χ1n) is 8.84. The quantitative estimate of drug-likeness (QED) is 0.729. The molecule has 0 aliphatic carbocycles. The highest BCUT2D eigenvalue weighted by Crippen LogP contribution is 2.29. The molecule has 0 aromatic heterocycles. The Labute approximate surface area is 166 Å². The first-order chi connectivity index (χ1) is 13.1. The molecular weight excluding hydrogens is 380 g/mol. The van der Waals surface area contributed by atoms with Crippen LogP contribution in [0.5, 0.6) is 11.5 Å². The number of nitrogens with zero attached hydrogens (tertiary/aromatic N) is 1. The van der Waals surface area contributed by atoms with Crippen molar-refractivity contribution in [1.29, 1.82) is 0 Å². The van der Waals surface area contributed by atoms with Crippen molar-refractivity contribution < 1.29 is 22.7 Å². The van der Waals surface area contributed by atoms with Crippen molar-refractivity contribution in [3.8, 4) is 11.5 Å². The smallest absolute Gasteiger partial charge is 0.262 e. The van der Waals surface area contributed by atoms with Crippen molar-refractivity contribution in [3.05, 3.63) is 47.5 Å². The first-order valence-corrected chi connectivity index (χ1v) is 10.3. The van der Waals surface area contributed by atoms with E-state index in [1.54, 1.807) is 13.0 Å². The Hall–Kier alpha value is -2.58. The highest BCUT2D eigenvalue weighted by atomic mass is 32.2. The summed E-state index contributed by atoms with van der Waals surface area (Å²) in [5.74, 6) is 0.474. The van der Waals surface area contributed by atoms with Gasteiger partial charge in [-0.15, -0.1) is 0 Å². The molecule has 7 nitrogen and oxygen atoms in total. The average Bonchev–Trinajstić information content (AvgIpc) is 2.62. The van der Waals surface area contributed by atoms with Crippen molar-refractivity contribution in [1.82, 2.24) is 4.31 Å². The van der Waals surface area contributed by atoms with Gasteiger partial charge in [-0.1, -0.05) is 17.7 Å². The number of amides is 1. The summed E-state index contributed by atoms with van der Waals surface area (Å²) in [7, 11) is -0.850. The van der Waals surface area contributed by atoms with Crippen LogP contribution in [0, 0.1) is 13.8 Å². The van der Waals surface area contributed by atoms with Crippen LogP contribution in [0.25, 0.3) is 0 Å². The third-order valence-corrected chi connectivity index (χ3v) is 5.81. The van der Waals surface area contributed by atoms with E-state index in [9.17, 15) is 13.2 Å². The maximum absolute atomic E-state index is 12.5. The van der Waals surface area contributed by atoms with Crippen molar-refractivity contribution in [2.24, 2.45) is 0 Å². The van der Waals surface area contributed by atoms with Gasteiger partial charge < -0.3 is 14.8 Å². The van der Waals surface area contributed by atoms with E-state index in [1.807, 2.05) is 32.0 Å². The Morgan fingerprint density at radius 2 is 1.71 bits per heavy atom. The molecule has 0 saturated heterocycles. The predicted octanol–water partition coefficient (Wildman–Crippen LogP) is 2.97. The van der Waals surface area contributed by atoms with Gasteiger partial charge in [0.1, 0.15) is 16.4 Å². The van der Waals surface area contributed by atoms with Crippen LogP contribution in [-0.4, -0.2) is 45.9 Å². The summed E-state index contributed by atoms with van der Waals surface area (Å²) < 4.78 is 37.2. The number of anilines is 1. The van der Waals surface area contributed by atoms with E-state index in [-0.39, 0.29) is 17.3 Å². The Morgan fingerprint density at radius 3 is 2.32 bits per heavy atom. The normalized spacial score (nSPS) is 11.4. The maximum atomic E-state index is 12.5. The van der Waals surface area contributed by atoms with E-state index in [4.69, 9.17) is 9.47 Å². The molecule has 1 N–H and O–H groups in total. The van der Waals surface area contributed by atoms with Crippen molar-refractivity contribution in [2.75, 3.05) is 32.6 Å². The monoisotopic (exact) mass is 406 g/mol. The van der Waals surface area contributed by atoms with Crippen LogP contribution >= 0.6 is 0 Å². The molecule has 0 heterocycles. The molecule has 0 unspecified atom stereocenters. The number of nitrogens with one attached hydrogen (secondary N) is 1. The van der Waals surface area contributed by atoms with Gasteiger partial charge in [0.2, 0.25) is 10.0 Å². The minimum Gasteiger partial charge on any atom is -0.492 e. The van der Waals surface area contributed by atoms with E-state index in [0.717, 1.165) is 15.4 Å². The van der Waals surface area contributed by atoms with Crippen LogP contribution in [0.3, 0.4) is 0 Å². The molecule has 152 valence electrons. The summed E-state index contributed by atoms with van der Waals surface area (Å²) in [6.07, 6.45) is 0. The Kier molecular flexibility index (Phi) is 7.04. The zero-order valence-electron chi connectivity index (χ0n) is 16.8. The molecule has 0 saturated carbocycles. The van der Waals surface area contributed by atoms with Crippen LogP contribution < -0.4 is 14.8 Å². The summed E-state index contributed by atoms with van der Waals surface area (Å²) in [6, 6.07) is 10.2. The molecule has 2 rings (SSSR count). The van der Waals surface area contributed by atoms with Gasteiger partial charge in [-0.3, -0.25) is 4.79 Å². The lowest BCUT2D eigenvalue weighted by atomic mass is 10.1. The fourth-order valence-corrected chi connectivity index (χ4v) is 3.61. The lowest BCUT2D eigenvalue weighted by Crippen LogP contribution is -2.24. The van der Waals surface area contributed by atoms with Crippen molar-refractivity contribution in [2.45, 2.75) is 25.7 Å². The maximum Gasteiger partial charge on any atom is 0.262 e. The van der Waals surface area contributed by atoms with Gasteiger partial charge in [0.15, 0.2) is 6.61 Å². The Balaban J connectivity index is 2.15. The number of rotatable bonds is 8. The molecule has 0 bridgehead atoms. The summed E-state index contributed by atoms with van der Waals surface area (Å²) >= 11 is 0. The summed E-state index contributed by atoms with van der Waals surface area (Å²) in [5.41, 5.74) is 2.39. The third kappa shape index (κ3) is 5.24. The number of aryl methyl sites for hydroxylation is 2. The zero-order chi connectivity index (χ0) is 20.9. The van der Waals surface area contributed by atoms with Crippen molar-refractivity contribution in [3.63, 3.8) is 0 Å². The second-order valence-corrected chi connectivity index (χ2v) is 8.61. The molecule has 0 fully saturated rings. The highest BCUT2D eigenvalue weighted by molar-refractivity contribution is 7.89. The number of hydrogen-bond acceptors (Lipinski definition) is 5. The van der Waals surface area contributed by atoms with E-state index in [1.165, 1.54) is 26.2 Å². The SMILES string of the molecule is CCOc1ccc(NC(=O)COc2ccc(C)cc2C)cc1S(=O)(=O)N(C)C. The Morgan fingerprint density at radius 1 is 1.04 bits per heavy atom. The lowest BCUT2D eigenvalue weighted by molar-refractivity contribution is -0.118. The van der Waals surface area contributed by atoms with Crippen LogP contribution in [0.15, 0.2) is 41.3 Å². The van der Waals surface area contributed by atoms with Gasteiger partial charge in [0.25, 0.3) is 5.91 Å². The van der Waals surface area contributed by atoms with Crippen LogP contribution in [0.4, 0.5) is 5.69 Å². The van der Waals surface area contributed by atoms with Crippen LogP contribution in [0.1, 0.15) is 18.1 Å². The number of benzene rings is 2. The van der Waals surface area contributed by atoms with Crippen LogP contribution in [-0.2, 0) is 14.8 Å². The molecule has 1 amide bonds. The van der Waals surface area contributed by atoms with Gasteiger partial charge in [-0.05, 0) is 50.6 Å². The van der Waals surface area contributed by atoms with E-state index in [2.05, 4.69) is 5.32 Å². The Bertz CT molecular complexity index is 955. The number of hydrogen-bond donors (Lipinski definition) is 1. The third-order valence-electron chi connectivity index (χ3n) is 3.98. The number of carbonyl (C=O) groups excluding carboxylic acids is 1. The van der Waals surface area contributed by atoms with Gasteiger partial charge in [0, 0.05) is 19.8 Å². The molecule has 2 aromatic carbocycles. The number of ether oxygens (including phenoxy) is 2. The standard InChI is InChI=1S/C20H26N2O5S/c1-6-26-18-10-8-16(12-19(18)28(24,25)22(4)5)21-20(23)13-27-17-9-7-14(2)11-15(17)3/h7-12H,6,13H2,1-5H3,(H,21,23). The molecule has 0 atom stereocenters. The molecule has 0 radical (unpaired) electrons. The number of sulfonamides is 1. The minimum atomic E-state index is -3.73. The van der Waals surface area contributed by atoms with Crippen LogP contribution in [0.2, 0.25) is 0 Å². The highest BCUT2D eigenvalue weighted by Gasteiger charge is 2.23. The fraction of sp³-hybridized carbons (Fsp3) is 0.350. The zero-order valence-corrected chi connectivity index (χ0v) is 17.6. The molecule has 0 aliphatic rings. The minimum absolute atomic E-state index is 0.00699. The topological polar surface area (TPSA) is 84.9 Å². The molecule has 28 heavy (non-hydrogen) atoms. The fourth-order valence-electron chi connectivity index (χ4n) is 2.56. The second kappa shape index (κ2) is 9.07. The predicted molar refractivity (Wildman–Crippen MR) is 109 cm³/mol. The van der Waals surface area contributed by atoms with E-state index >= 15 is 0 Å². The summed E-state index contributed by atoms with van der Waals surface area (Å²) in [4.78, 5) is 12.2. The van der Waals surface area contributed by atoms with Gasteiger partial charge >= 0.3 is 0 Å². The van der Waals surface area contributed by atoms with E-state index in [0.29, 0.717) is 18.0 Å². The average molecular weight is 407 g/mol. The molecule has 0 aliphatic heterocycles. The molecular formula is C20H26N2O5S. The van der Waals surface area contributed by atoms with Gasteiger partial charge in [0.05, 0.1) is 6.61 Å². The second-order valence-electron chi connectivity index (χ2n) is 6.49. The lowest BCUT2D eigenvalue weighted by Gasteiger charge is -2.17. The summed E-state index contributed by atoms with van der Waals surface area (Å²) in [6.45, 7) is 5.80. The first kappa shape index (κ1) is 21.7. The van der Waals surface area contributed by atoms with E-state index < -0.39 is 15.9 Å². The summed E-state index contributed by atoms with van der Waals surface area (Å²) in [5, 5.41) is 2.66. The van der Waals surface area contributed by atoms with Gasteiger partial charge in [-0.2, -0.15) is 0 Å². The molecule has 0 spiro atoms. The largest absolute Gasteiger partial charge is 0.492 e. The van der Waals surface area contributed by atoms with Crippen molar-refractivity contribution >= 4 is 21.6 Å². The van der Waals surface area contributed by atoms with Gasteiger partial charge in [-0.25, -0.2) is 12.7 Å². The molecule has 2 aromatic rings.